The van der Waals surface area contributed by atoms with Crippen molar-refractivity contribution in [3.63, 3.8) is 0 Å². The van der Waals surface area contributed by atoms with Crippen molar-refractivity contribution >= 4 is 23.4 Å². The molecular formula is C28H38N2O6. The van der Waals surface area contributed by atoms with E-state index in [1.165, 1.54) is 0 Å². The van der Waals surface area contributed by atoms with Crippen molar-refractivity contribution in [3.05, 3.63) is 22.7 Å². The van der Waals surface area contributed by atoms with Crippen molar-refractivity contribution in [2.45, 2.75) is 91.3 Å². The van der Waals surface area contributed by atoms with Crippen LogP contribution in [0.15, 0.2) is 22.7 Å². The molecule has 2 atom stereocenters. The van der Waals surface area contributed by atoms with Crippen molar-refractivity contribution in [1.82, 2.24) is 9.80 Å². The van der Waals surface area contributed by atoms with E-state index in [2.05, 4.69) is 0 Å². The van der Waals surface area contributed by atoms with Gasteiger partial charge in [0.2, 0.25) is 0 Å². The second-order valence-electron chi connectivity index (χ2n) is 13.3. The predicted molar refractivity (Wildman–Crippen MR) is 131 cm³/mol. The summed E-state index contributed by atoms with van der Waals surface area (Å²) in [5.74, 6) is 1.22. The van der Waals surface area contributed by atoms with Crippen molar-refractivity contribution < 1.29 is 28.7 Å². The van der Waals surface area contributed by atoms with E-state index < -0.39 is 11.2 Å². The molecular weight excluding hydrogens is 460 g/mol. The molecule has 5 aliphatic rings. The Balaban J connectivity index is 1.20. The van der Waals surface area contributed by atoms with Gasteiger partial charge >= 0.3 is 0 Å². The Labute approximate surface area is 213 Å². The SMILES string of the molecule is CC1(C)CC(=O)C2=C(C1)OC(C)(C(=O)N1CCN(C(=O)C3(C)CC4=C(CC(C)(C)CC4=O)O3)CC1)C2. The lowest BCUT2D eigenvalue weighted by Gasteiger charge is -2.40. The summed E-state index contributed by atoms with van der Waals surface area (Å²) in [4.78, 5) is 55.8. The average Bonchev–Trinajstić information content (AvgIpc) is 3.29. The molecule has 8 heteroatoms. The summed E-state index contributed by atoms with van der Waals surface area (Å²) in [7, 11) is 0. The zero-order chi connectivity index (χ0) is 26.3. The maximum atomic E-state index is 13.5. The molecule has 2 unspecified atom stereocenters. The largest absolute Gasteiger partial charge is 0.481 e. The van der Waals surface area contributed by atoms with Crippen LogP contribution in [0.4, 0.5) is 0 Å². The third kappa shape index (κ3) is 4.16. The zero-order valence-corrected chi connectivity index (χ0v) is 22.4. The van der Waals surface area contributed by atoms with Crippen LogP contribution < -0.4 is 0 Å². The van der Waals surface area contributed by atoms with Crippen LogP contribution in [0.3, 0.4) is 0 Å². The topological polar surface area (TPSA) is 93.2 Å². The summed E-state index contributed by atoms with van der Waals surface area (Å²) in [6.45, 7) is 13.3. The van der Waals surface area contributed by atoms with Crippen LogP contribution in [0.5, 0.6) is 0 Å². The average molecular weight is 499 g/mol. The Morgan fingerprint density at radius 2 is 0.917 bits per heavy atom. The number of carbonyl (C=O) groups is 4. The normalized spacial score (nSPS) is 33.3. The lowest BCUT2D eigenvalue weighted by Crippen LogP contribution is -2.58. The molecule has 0 bridgehead atoms. The van der Waals surface area contributed by atoms with Crippen LogP contribution in [0.1, 0.15) is 80.1 Å². The molecule has 1 saturated heterocycles. The molecule has 2 aliphatic carbocycles. The van der Waals surface area contributed by atoms with Gasteiger partial charge in [-0.05, 0) is 24.7 Å². The molecule has 0 saturated carbocycles. The van der Waals surface area contributed by atoms with Gasteiger partial charge in [-0.25, -0.2) is 0 Å². The number of ketones is 2. The molecule has 0 aromatic rings. The zero-order valence-electron chi connectivity index (χ0n) is 22.4. The highest BCUT2D eigenvalue weighted by Gasteiger charge is 2.52. The fourth-order valence-electron chi connectivity index (χ4n) is 6.50. The minimum atomic E-state index is -1.08. The first-order chi connectivity index (χ1) is 16.6. The Morgan fingerprint density at radius 3 is 1.25 bits per heavy atom. The number of Topliss-reactive ketones (excluding diaryl/α,β-unsaturated/α-hetero) is 2. The summed E-state index contributed by atoms with van der Waals surface area (Å²) in [5, 5.41) is 0. The third-order valence-corrected chi connectivity index (χ3v) is 8.39. The Morgan fingerprint density at radius 1 is 0.583 bits per heavy atom. The number of allylic oxidation sites excluding steroid dienone is 2. The van der Waals surface area contributed by atoms with Gasteiger partial charge in [-0.15, -0.1) is 0 Å². The fourth-order valence-corrected chi connectivity index (χ4v) is 6.50. The van der Waals surface area contributed by atoms with Gasteiger partial charge in [0.15, 0.2) is 22.8 Å². The molecule has 5 rings (SSSR count). The molecule has 2 amide bonds. The molecule has 8 nitrogen and oxygen atoms in total. The van der Waals surface area contributed by atoms with Gasteiger partial charge in [-0.3, -0.25) is 19.2 Å². The van der Waals surface area contributed by atoms with Crippen LogP contribution in [-0.4, -0.2) is 70.6 Å². The van der Waals surface area contributed by atoms with E-state index in [0.717, 1.165) is 0 Å². The molecule has 0 spiro atoms. The Kier molecular flexibility index (Phi) is 5.51. The van der Waals surface area contributed by atoms with E-state index in [9.17, 15) is 19.2 Å². The molecule has 1 fully saturated rings. The van der Waals surface area contributed by atoms with Gasteiger partial charge in [0, 0.05) is 75.9 Å². The second kappa shape index (κ2) is 7.93. The highest BCUT2D eigenvalue weighted by atomic mass is 16.5. The van der Waals surface area contributed by atoms with E-state index in [1.54, 1.807) is 23.6 Å². The standard InChI is InChI=1S/C28H38N2O6/c1-25(2)13-19(31)17-11-27(5,35-21(17)15-25)23(33)29-7-9-30(10-8-29)24(34)28(6)12-18-20(32)14-26(3,4)16-22(18)36-28/h7-16H2,1-6H3. The highest BCUT2D eigenvalue weighted by Crippen LogP contribution is 2.48. The minimum absolute atomic E-state index is 0.0798. The van der Waals surface area contributed by atoms with E-state index in [1.807, 2.05) is 27.7 Å². The fraction of sp³-hybridized carbons (Fsp3) is 0.714. The lowest BCUT2D eigenvalue weighted by molar-refractivity contribution is -0.158. The Hall–Kier alpha value is -2.64. The molecule has 0 radical (unpaired) electrons. The first kappa shape index (κ1) is 25.0. The molecule has 36 heavy (non-hydrogen) atoms. The summed E-state index contributed by atoms with van der Waals surface area (Å²) in [5.41, 5.74) is -1.15. The highest BCUT2D eigenvalue weighted by molar-refractivity contribution is 6.01. The first-order valence-electron chi connectivity index (χ1n) is 13.1. The van der Waals surface area contributed by atoms with Gasteiger partial charge in [-0.1, -0.05) is 27.7 Å². The van der Waals surface area contributed by atoms with Crippen LogP contribution in [0.2, 0.25) is 0 Å². The number of hydrogen-bond donors (Lipinski definition) is 0. The molecule has 0 N–H and O–H groups in total. The Bertz CT molecular complexity index is 1030. The third-order valence-electron chi connectivity index (χ3n) is 8.39. The summed E-state index contributed by atoms with van der Waals surface area (Å²) < 4.78 is 12.3. The quantitative estimate of drug-likeness (QED) is 0.580. The number of piperazine rings is 1. The van der Waals surface area contributed by atoms with Crippen molar-refractivity contribution in [3.8, 4) is 0 Å². The molecule has 196 valence electrons. The molecule has 3 aliphatic heterocycles. The number of amides is 2. The van der Waals surface area contributed by atoms with E-state index in [-0.39, 0.29) is 34.2 Å². The van der Waals surface area contributed by atoms with Crippen molar-refractivity contribution in [1.29, 1.82) is 0 Å². The van der Waals surface area contributed by atoms with Crippen LogP contribution in [-0.2, 0) is 28.7 Å². The number of nitrogens with zero attached hydrogens (tertiary/aromatic N) is 2. The second-order valence-corrected chi connectivity index (χ2v) is 13.3. The maximum absolute atomic E-state index is 13.5. The molecule has 0 aromatic carbocycles. The molecule has 3 heterocycles. The summed E-state index contributed by atoms with van der Waals surface area (Å²) in [6.07, 6.45) is 2.89. The first-order valence-corrected chi connectivity index (χ1v) is 13.1. The van der Waals surface area contributed by atoms with Crippen molar-refractivity contribution in [2.24, 2.45) is 10.8 Å². The smallest absolute Gasteiger partial charge is 0.266 e. The monoisotopic (exact) mass is 498 g/mol. The van der Waals surface area contributed by atoms with Crippen molar-refractivity contribution in [2.75, 3.05) is 26.2 Å². The molecule has 0 aromatic heterocycles. The number of ether oxygens (including phenoxy) is 2. The van der Waals surface area contributed by atoms with Gasteiger partial charge in [0.1, 0.15) is 11.5 Å². The predicted octanol–water partition coefficient (Wildman–Crippen LogP) is 3.30. The van der Waals surface area contributed by atoms with Crippen LogP contribution in [0, 0.1) is 10.8 Å². The van der Waals surface area contributed by atoms with E-state index >= 15 is 0 Å². The lowest BCUT2D eigenvalue weighted by atomic mass is 9.76. The maximum Gasteiger partial charge on any atom is 0.266 e. The van der Waals surface area contributed by atoms with E-state index in [4.69, 9.17) is 9.47 Å². The summed E-state index contributed by atoms with van der Waals surface area (Å²) in [6, 6.07) is 0. The van der Waals surface area contributed by atoms with Gasteiger partial charge in [0.25, 0.3) is 11.8 Å². The number of hydrogen-bond acceptors (Lipinski definition) is 6. The van der Waals surface area contributed by atoms with Gasteiger partial charge in [-0.2, -0.15) is 0 Å². The minimum Gasteiger partial charge on any atom is -0.481 e. The van der Waals surface area contributed by atoms with Gasteiger partial charge in [0.05, 0.1) is 0 Å². The van der Waals surface area contributed by atoms with E-state index in [0.29, 0.717) is 87.4 Å². The number of carbonyl (C=O) groups excluding carboxylic acids is 4. The van der Waals surface area contributed by atoms with Gasteiger partial charge < -0.3 is 19.3 Å². The summed E-state index contributed by atoms with van der Waals surface area (Å²) >= 11 is 0. The number of rotatable bonds is 2. The van der Waals surface area contributed by atoms with Crippen LogP contribution in [0.25, 0.3) is 0 Å². The van der Waals surface area contributed by atoms with Crippen LogP contribution >= 0.6 is 0 Å².